The molecule has 0 spiro atoms. The number of amides is 1. The van der Waals surface area contributed by atoms with E-state index in [4.69, 9.17) is 9.47 Å². The molecule has 0 radical (unpaired) electrons. The lowest BCUT2D eigenvalue weighted by atomic mass is 10.1. The zero-order valence-corrected chi connectivity index (χ0v) is 13.4. The lowest BCUT2D eigenvalue weighted by Crippen LogP contribution is -2.32. The second kappa shape index (κ2) is 9.22. The minimum atomic E-state index is -0.407. The van der Waals surface area contributed by atoms with Gasteiger partial charge in [0.25, 0.3) is 0 Å². The van der Waals surface area contributed by atoms with Gasteiger partial charge in [0.2, 0.25) is 0 Å². The minimum Gasteiger partial charge on any atom is -0.444 e. The van der Waals surface area contributed by atoms with E-state index in [1.54, 1.807) is 0 Å². The highest BCUT2D eigenvalue weighted by atomic mass is 16.6. The first-order valence-electron chi connectivity index (χ1n) is 8.06. The van der Waals surface area contributed by atoms with Gasteiger partial charge < -0.3 is 14.8 Å². The Kier molecular flexibility index (Phi) is 7.97. The number of epoxide rings is 1. The zero-order chi connectivity index (χ0) is 14.8. The first kappa shape index (κ1) is 17.3. The summed E-state index contributed by atoms with van der Waals surface area (Å²) in [6, 6.07) is 0. The molecule has 1 heterocycles. The van der Waals surface area contributed by atoms with E-state index in [9.17, 15) is 4.79 Å². The van der Waals surface area contributed by atoms with Crippen molar-refractivity contribution in [3.05, 3.63) is 0 Å². The van der Waals surface area contributed by atoms with E-state index in [-0.39, 0.29) is 6.09 Å². The number of ether oxygens (including phenoxy) is 2. The van der Waals surface area contributed by atoms with Gasteiger partial charge >= 0.3 is 6.09 Å². The summed E-state index contributed by atoms with van der Waals surface area (Å²) in [7, 11) is 0. The van der Waals surface area contributed by atoms with Crippen LogP contribution in [0.25, 0.3) is 0 Å². The fraction of sp³-hybridized carbons (Fsp3) is 0.938. The van der Waals surface area contributed by atoms with E-state index in [1.165, 1.54) is 44.9 Å². The molecule has 0 aromatic carbocycles. The number of rotatable bonds is 10. The van der Waals surface area contributed by atoms with Crippen molar-refractivity contribution in [1.82, 2.24) is 5.32 Å². The molecule has 1 saturated heterocycles. The van der Waals surface area contributed by atoms with Crippen molar-refractivity contribution in [2.45, 2.75) is 83.8 Å². The van der Waals surface area contributed by atoms with Crippen molar-refractivity contribution in [3.8, 4) is 0 Å². The first-order valence-corrected chi connectivity index (χ1v) is 8.06. The number of hydrogen-bond donors (Lipinski definition) is 1. The highest BCUT2D eigenvalue weighted by Crippen LogP contribution is 2.18. The summed E-state index contributed by atoms with van der Waals surface area (Å²) >= 11 is 0. The Morgan fingerprint density at radius 1 is 1.10 bits per heavy atom. The molecule has 1 atom stereocenters. The fourth-order valence-corrected chi connectivity index (χ4v) is 2.12. The summed E-state index contributed by atoms with van der Waals surface area (Å²) < 4.78 is 10.4. The third kappa shape index (κ3) is 11.1. The van der Waals surface area contributed by atoms with Crippen LogP contribution in [0.1, 0.15) is 72.1 Å². The number of carbonyl (C=O) groups excluding carboxylic acids is 1. The SMILES string of the molecule is CC(C)(C)OC(=O)NCCCCCCCCC[C@@H]1CO1. The standard InChI is InChI=1S/C16H31NO3/c1-16(2,3)20-15(18)17-12-10-8-6-4-5-7-9-11-14-13-19-14/h14H,4-13H2,1-3H3,(H,17,18)/t14-/m1/s1. The Morgan fingerprint density at radius 2 is 1.65 bits per heavy atom. The van der Waals surface area contributed by atoms with Crippen LogP contribution < -0.4 is 5.32 Å². The quantitative estimate of drug-likeness (QED) is 0.487. The van der Waals surface area contributed by atoms with Gasteiger partial charge in [-0.2, -0.15) is 0 Å². The van der Waals surface area contributed by atoms with Crippen molar-refractivity contribution < 1.29 is 14.3 Å². The number of alkyl carbamates (subject to hydrolysis) is 1. The third-order valence-corrected chi connectivity index (χ3v) is 3.27. The zero-order valence-electron chi connectivity index (χ0n) is 13.4. The average molecular weight is 285 g/mol. The Labute approximate surface area is 123 Å². The molecule has 1 fully saturated rings. The van der Waals surface area contributed by atoms with Crippen LogP contribution in [-0.2, 0) is 9.47 Å². The van der Waals surface area contributed by atoms with Gasteiger partial charge in [-0.05, 0) is 33.6 Å². The predicted octanol–water partition coefficient (Wildman–Crippen LogP) is 4.03. The number of hydrogen-bond acceptors (Lipinski definition) is 3. The van der Waals surface area contributed by atoms with Crippen LogP contribution >= 0.6 is 0 Å². The van der Waals surface area contributed by atoms with Gasteiger partial charge in [-0.1, -0.05) is 38.5 Å². The Morgan fingerprint density at radius 3 is 2.20 bits per heavy atom. The van der Waals surface area contributed by atoms with E-state index < -0.39 is 5.60 Å². The monoisotopic (exact) mass is 285 g/mol. The van der Waals surface area contributed by atoms with Gasteiger partial charge in [0, 0.05) is 6.54 Å². The highest BCUT2D eigenvalue weighted by Gasteiger charge is 2.20. The maximum absolute atomic E-state index is 11.4. The smallest absolute Gasteiger partial charge is 0.407 e. The van der Waals surface area contributed by atoms with Crippen LogP contribution in [0.5, 0.6) is 0 Å². The third-order valence-electron chi connectivity index (χ3n) is 3.27. The molecule has 1 aliphatic heterocycles. The van der Waals surface area contributed by atoms with Crippen LogP contribution in [0.2, 0.25) is 0 Å². The number of nitrogens with one attached hydrogen (secondary N) is 1. The largest absolute Gasteiger partial charge is 0.444 e. The molecule has 4 heteroatoms. The molecule has 1 rings (SSSR count). The molecule has 0 aromatic rings. The maximum Gasteiger partial charge on any atom is 0.407 e. The van der Waals surface area contributed by atoms with Gasteiger partial charge in [0.05, 0.1) is 12.7 Å². The van der Waals surface area contributed by atoms with E-state index in [0.717, 1.165) is 13.0 Å². The summed E-state index contributed by atoms with van der Waals surface area (Å²) in [5, 5.41) is 2.79. The molecule has 4 nitrogen and oxygen atoms in total. The minimum absolute atomic E-state index is 0.306. The van der Waals surface area contributed by atoms with Crippen LogP contribution in [0.15, 0.2) is 0 Å². The molecule has 0 aromatic heterocycles. The summed E-state index contributed by atoms with van der Waals surface area (Å²) in [4.78, 5) is 11.4. The normalized spacial score (nSPS) is 17.9. The summed E-state index contributed by atoms with van der Waals surface area (Å²) in [5.41, 5.74) is -0.407. The molecule has 0 aliphatic carbocycles. The van der Waals surface area contributed by atoms with E-state index in [1.807, 2.05) is 20.8 Å². The Hall–Kier alpha value is -0.770. The number of carbonyl (C=O) groups is 1. The second-order valence-corrected chi connectivity index (χ2v) is 6.65. The van der Waals surface area contributed by atoms with Gasteiger partial charge in [0.1, 0.15) is 5.60 Å². The van der Waals surface area contributed by atoms with Crippen molar-refractivity contribution in [2.75, 3.05) is 13.2 Å². The molecule has 118 valence electrons. The molecule has 0 unspecified atom stereocenters. The molecule has 0 bridgehead atoms. The summed E-state index contributed by atoms with van der Waals surface area (Å²) in [6.07, 6.45) is 10.3. The van der Waals surface area contributed by atoms with Crippen molar-refractivity contribution in [1.29, 1.82) is 0 Å². The molecule has 20 heavy (non-hydrogen) atoms. The Bertz CT molecular complexity index is 269. The van der Waals surface area contributed by atoms with Crippen LogP contribution in [0.3, 0.4) is 0 Å². The second-order valence-electron chi connectivity index (χ2n) is 6.65. The fourth-order valence-electron chi connectivity index (χ4n) is 2.12. The van der Waals surface area contributed by atoms with E-state index >= 15 is 0 Å². The predicted molar refractivity (Wildman–Crippen MR) is 80.9 cm³/mol. The average Bonchev–Trinajstić information content (AvgIpc) is 3.13. The van der Waals surface area contributed by atoms with E-state index in [2.05, 4.69) is 5.32 Å². The van der Waals surface area contributed by atoms with Gasteiger partial charge in [-0.3, -0.25) is 0 Å². The highest BCUT2D eigenvalue weighted by molar-refractivity contribution is 5.67. The van der Waals surface area contributed by atoms with Crippen LogP contribution in [0, 0.1) is 0 Å². The van der Waals surface area contributed by atoms with Crippen LogP contribution in [0.4, 0.5) is 4.79 Å². The molecule has 1 aliphatic rings. The lowest BCUT2D eigenvalue weighted by Gasteiger charge is -2.19. The van der Waals surface area contributed by atoms with Gasteiger partial charge in [-0.25, -0.2) is 4.79 Å². The van der Waals surface area contributed by atoms with Crippen molar-refractivity contribution >= 4 is 6.09 Å². The lowest BCUT2D eigenvalue weighted by molar-refractivity contribution is 0.0527. The van der Waals surface area contributed by atoms with Crippen molar-refractivity contribution in [3.63, 3.8) is 0 Å². The van der Waals surface area contributed by atoms with Gasteiger partial charge in [-0.15, -0.1) is 0 Å². The summed E-state index contributed by atoms with van der Waals surface area (Å²) in [5.74, 6) is 0. The molecule has 1 amide bonds. The molecule has 0 saturated carbocycles. The first-order chi connectivity index (χ1) is 9.47. The van der Waals surface area contributed by atoms with E-state index in [0.29, 0.717) is 12.6 Å². The molecular weight excluding hydrogens is 254 g/mol. The summed E-state index contributed by atoms with van der Waals surface area (Å²) in [6.45, 7) is 7.34. The van der Waals surface area contributed by atoms with Gasteiger partial charge in [0.15, 0.2) is 0 Å². The van der Waals surface area contributed by atoms with Crippen LogP contribution in [-0.4, -0.2) is 30.9 Å². The molecule has 1 N–H and O–H groups in total. The Balaban J connectivity index is 1.76. The topological polar surface area (TPSA) is 50.9 Å². The van der Waals surface area contributed by atoms with Crippen molar-refractivity contribution in [2.24, 2.45) is 0 Å². The number of unbranched alkanes of at least 4 members (excludes halogenated alkanes) is 6. The molecular formula is C16H31NO3. The maximum atomic E-state index is 11.4.